The molecule has 0 aliphatic rings. The lowest BCUT2D eigenvalue weighted by atomic mass is 10.0. The summed E-state index contributed by atoms with van der Waals surface area (Å²) >= 11 is 0. The van der Waals surface area contributed by atoms with E-state index in [2.05, 4.69) is 37.3 Å². The first-order valence-electron chi connectivity index (χ1n) is 9.04. The predicted octanol–water partition coefficient (Wildman–Crippen LogP) is 2.90. The molecule has 8 nitrogen and oxygen atoms in total. The lowest BCUT2D eigenvalue weighted by Crippen LogP contribution is -2.23. The van der Waals surface area contributed by atoms with Gasteiger partial charge < -0.3 is 15.4 Å². The summed E-state index contributed by atoms with van der Waals surface area (Å²) in [6.45, 7) is 0.847. The average Bonchev–Trinajstić information content (AvgIpc) is 2.72. The third kappa shape index (κ3) is 3.92. The number of nitrogens with one attached hydrogen (secondary N) is 1. The van der Waals surface area contributed by atoms with Crippen LogP contribution in [0.3, 0.4) is 0 Å². The van der Waals surface area contributed by atoms with Gasteiger partial charge in [0.05, 0.1) is 17.3 Å². The second-order valence-corrected chi connectivity index (χ2v) is 6.95. The first-order valence-corrected chi connectivity index (χ1v) is 9.04. The zero-order valence-corrected chi connectivity index (χ0v) is 16.1. The molecule has 3 heterocycles. The van der Waals surface area contributed by atoms with Gasteiger partial charge >= 0.3 is 5.69 Å². The van der Waals surface area contributed by atoms with Gasteiger partial charge in [-0.1, -0.05) is 18.2 Å². The van der Waals surface area contributed by atoms with Gasteiger partial charge in [-0.25, -0.2) is 9.78 Å². The Morgan fingerprint density at radius 3 is 2.79 bits per heavy atom. The van der Waals surface area contributed by atoms with Crippen molar-refractivity contribution in [2.45, 2.75) is 6.54 Å². The quantitative estimate of drug-likeness (QED) is 0.508. The van der Waals surface area contributed by atoms with E-state index in [9.17, 15) is 10.0 Å². The minimum atomic E-state index is -0.806. The van der Waals surface area contributed by atoms with Crippen LogP contribution in [-0.4, -0.2) is 43.9 Å². The molecule has 0 bridgehead atoms. The van der Waals surface area contributed by atoms with E-state index in [-0.39, 0.29) is 5.65 Å². The summed E-state index contributed by atoms with van der Waals surface area (Å²) in [5.74, 6) is 0.309. The average molecular weight is 388 g/mol. The molecule has 0 fully saturated rings. The summed E-state index contributed by atoms with van der Waals surface area (Å²) in [7, 11) is 4.07. The largest absolute Gasteiger partial charge is 0.422 e. The molecule has 29 heavy (non-hydrogen) atoms. The Morgan fingerprint density at radius 2 is 1.97 bits per heavy atom. The van der Waals surface area contributed by atoms with E-state index >= 15 is 0 Å². The summed E-state index contributed by atoms with van der Waals surface area (Å²) < 4.78 is 0.436. The van der Waals surface area contributed by atoms with Crippen LogP contribution >= 0.6 is 0 Å². The number of anilines is 2. The fourth-order valence-corrected chi connectivity index (χ4v) is 3.16. The van der Waals surface area contributed by atoms with Gasteiger partial charge in [0.15, 0.2) is 5.65 Å². The second-order valence-electron chi connectivity index (χ2n) is 6.95. The van der Waals surface area contributed by atoms with Crippen molar-refractivity contribution in [2.24, 2.45) is 0 Å². The summed E-state index contributed by atoms with van der Waals surface area (Å²) in [6.07, 6.45) is 4.95. The van der Waals surface area contributed by atoms with Gasteiger partial charge in [0.25, 0.3) is 0 Å². The lowest BCUT2D eigenvalue weighted by Gasteiger charge is -2.12. The molecule has 1 aromatic carbocycles. The molecule has 0 radical (unpaired) electrons. The molecule has 8 heteroatoms. The Bertz CT molecular complexity index is 1240. The number of hydrogen-bond acceptors (Lipinski definition) is 7. The van der Waals surface area contributed by atoms with Gasteiger partial charge in [-0.2, -0.15) is 4.98 Å². The maximum Gasteiger partial charge on any atom is 0.384 e. The smallest absolute Gasteiger partial charge is 0.384 e. The van der Waals surface area contributed by atoms with Crippen LogP contribution < -0.4 is 11.0 Å². The van der Waals surface area contributed by atoms with Crippen molar-refractivity contribution in [2.75, 3.05) is 19.4 Å². The molecular formula is C21H20N6O2. The number of nitrogens with zero attached hydrogens (tertiary/aromatic N) is 5. The Morgan fingerprint density at radius 1 is 1.10 bits per heavy atom. The molecular weight excluding hydrogens is 368 g/mol. The molecule has 0 unspecified atom stereocenters. The van der Waals surface area contributed by atoms with Crippen molar-refractivity contribution < 1.29 is 5.21 Å². The Balaban J connectivity index is 1.70. The van der Waals surface area contributed by atoms with E-state index in [1.165, 1.54) is 11.8 Å². The molecule has 4 aromatic rings. The highest BCUT2D eigenvalue weighted by Gasteiger charge is 2.11. The maximum absolute atomic E-state index is 12.0. The van der Waals surface area contributed by atoms with Crippen molar-refractivity contribution in [3.05, 3.63) is 77.1 Å². The molecule has 0 aliphatic heterocycles. The van der Waals surface area contributed by atoms with Crippen LogP contribution in [0.25, 0.3) is 22.2 Å². The standard InChI is InChI=1S/C21H20N6O2/c1-26(2)13-14-5-3-6-15(9-14)16-10-17(12-22-11-16)24-19-18-7-4-8-23-20(18)27(29)21(28)25-19/h3-12,29H,13H2,1-2H3,(H,24,25,28). The second kappa shape index (κ2) is 7.69. The number of rotatable bonds is 5. The number of pyridine rings is 2. The third-order valence-electron chi connectivity index (χ3n) is 4.39. The number of benzene rings is 1. The van der Waals surface area contributed by atoms with Crippen molar-refractivity contribution in [3.8, 4) is 11.1 Å². The summed E-state index contributed by atoms with van der Waals surface area (Å²) in [4.78, 5) is 26.4. The van der Waals surface area contributed by atoms with Crippen LogP contribution in [0.15, 0.2) is 65.8 Å². The predicted molar refractivity (Wildman–Crippen MR) is 111 cm³/mol. The van der Waals surface area contributed by atoms with Crippen molar-refractivity contribution in [1.29, 1.82) is 0 Å². The molecule has 0 saturated heterocycles. The Labute approximate surface area is 167 Å². The van der Waals surface area contributed by atoms with E-state index in [1.54, 1.807) is 24.5 Å². The maximum atomic E-state index is 12.0. The van der Waals surface area contributed by atoms with Crippen LogP contribution in [0.2, 0.25) is 0 Å². The van der Waals surface area contributed by atoms with Crippen LogP contribution in [0.5, 0.6) is 0 Å². The molecule has 0 saturated carbocycles. The Hall–Kier alpha value is -3.78. The topological polar surface area (TPSA) is 96.2 Å². The van der Waals surface area contributed by atoms with Crippen LogP contribution in [0.1, 0.15) is 5.56 Å². The van der Waals surface area contributed by atoms with Crippen molar-refractivity contribution >= 4 is 22.5 Å². The fraction of sp³-hybridized carbons (Fsp3) is 0.143. The van der Waals surface area contributed by atoms with Gasteiger partial charge in [0.2, 0.25) is 0 Å². The highest BCUT2D eigenvalue weighted by Crippen LogP contribution is 2.26. The third-order valence-corrected chi connectivity index (χ3v) is 4.39. The highest BCUT2D eigenvalue weighted by atomic mass is 16.5. The monoisotopic (exact) mass is 388 g/mol. The van der Waals surface area contributed by atoms with Crippen LogP contribution in [-0.2, 0) is 6.54 Å². The van der Waals surface area contributed by atoms with Gasteiger partial charge in [0, 0.05) is 24.5 Å². The minimum Gasteiger partial charge on any atom is -0.422 e. The molecule has 146 valence electrons. The summed E-state index contributed by atoms with van der Waals surface area (Å²) in [5.41, 5.74) is 3.19. The van der Waals surface area contributed by atoms with Crippen LogP contribution in [0, 0.1) is 0 Å². The van der Waals surface area contributed by atoms with Gasteiger partial charge in [0.1, 0.15) is 5.82 Å². The zero-order chi connectivity index (χ0) is 20.4. The molecule has 0 aliphatic carbocycles. The minimum absolute atomic E-state index is 0.135. The number of fused-ring (bicyclic) bond motifs is 1. The molecule has 2 N–H and O–H groups in total. The van der Waals surface area contributed by atoms with E-state index < -0.39 is 5.69 Å². The SMILES string of the molecule is CN(C)Cc1cccc(-c2cncc(Nc3nc(=O)n(O)c4ncccc34)c2)c1. The summed E-state index contributed by atoms with van der Waals surface area (Å²) in [5, 5.41) is 13.5. The Kier molecular flexibility index (Phi) is 4.92. The molecule has 3 aromatic heterocycles. The molecule has 0 spiro atoms. The molecule has 4 rings (SSSR count). The van der Waals surface area contributed by atoms with E-state index in [4.69, 9.17) is 0 Å². The van der Waals surface area contributed by atoms with E-state index in [0.717, 1.165) is 17.7 Å². The highest BCUT2D eigenvalue weighted by molar-refractivity contribution is 5.88. The fourth-order valence-electron chi connectivity index (χ4n) is 3.16. The van der Waals surface area contributed by atoms with E-state index in [1.807, 2.05) is 32.3 Å². The van der Waals surface area contributed by atoms with Crippen molar-refractivity contribution in [1.82, 2.24) is 24.6 Å². The number of aromatic nitrogens is 4. The van der Waals surface area contributed by atoms with Crippen LogP contribution in [0.4, 0.5) is 11.5 Å². The zero-order valence-electron chi connectivity index (χ0n) is 16.1. The van der Waals surface area contributed by atoms with Crippen molar-refractivity contribution in [3.63, 3.8) is 0 Å². The number of hydrogen-bond donors (Lipinski definition) is 2. The summed E-state index contributed by atoms with van der Waals surface area (Å²) in [6, 6.07) is 13.7. The van der Waals surface area contributed by atoms with Gasteiger partial charge in [-0.3, -0.25) is 4.98 Å². The molecule has 0 atom stereocenters. The first-order chi connectivity index (χ1) is 14.0. The lowest BCUT2D eigenvalue weighted by molar-refractivity contribution is 0.182. The molecule has 0 amide bonds. The normalized spacial score (nSPS) is 11.1. The van der Waals surface area contributed by atoms with Gasteiger partial charge in [-0.15, -0.1) is 4.73 Å². The van der Waals surface area contributed by atoms with E-state index in [0.29, 0.717) is 21.6 Å². The van der Waals surface area contributed by atoms with Gasteiger partial charge in [-0.05, 0) is 49.5 Å². The first kappa shape index (κ1) is 18.6.